The SMILES string of the molecule is CC(=O)N[C@H]1[C@H](O[C@H]2CC[C@@]3(C)[C@@H](CC[C@@H]4[C@@H]3CC(=O)[C@]3(C)[C@@H]5[C@H](C[C@@H]43)O[C@]3(CC[C@@H](C)CO3)[C@H]5C)C2)O[C@H](CO)[C@@H](O)[C@@H]1O. The molecule has 7 fully saturated rings. The van der Waals surface area contributed by atoms with Crippen molar-refractivity contribution in [2.45, 2.75) is 141 Å². The van der Waals surface area contributed by atoms with Gasteiger partial charge in [0.05, 0.1) is 25.4 Å². The molecule has 10 heteroatoms. The van der Waals surface area contributed by atoms with Crippen LogP contribution in [0.1, 0.15) is 92.4 Å². The van der Waals surface area contributed by atoms with E-state index in [0.29, 0.717) is 41.8 Å². The highest BCUT2D eigenvalue weighted by Gasteiger charge is 2.71. The average molecular weight is 634 g/mol. The molecule has 7 rings (SSSR count). The van der Waals surface area contributed by atoms with E-state index in [4.69, 9.17) is 18.9 Å². The lowest BCUT2D eigenvalue weighted by molar-refractivity contribution is -0.288. The molecule has 1 spiro atoms. The zero-order valence-electron chi connectivity index (χ0n) is 27.7. The Morgan fingerprint density at radius 2 is 1.82 bits per heavy atom. The summed E-state index contributed by atoms with van der Waals surface area (Å²) in [5.41, 5.74) is -0.335. The van der Waals surface area contributed by atoms with Crippen LogP contribution in [0.5, 0.6) is 0 Å². The molecule has 10 nitrogen and oxygen atoms in total. The van der Waals surface area contributed by atoms with Crippen molar-refractivity contribution in [2.24, 2.45) is 52.3 Å². The van der Waals surface area contributed by atoms with Gasteiger partial charge in [-0.05, 0) is 80.0 Å². The summed E-state index contributed by atoms with van der Waals surface area (Å²) < 4.78 is 25.6. The molecular weight excluding hydrogens is 578 g/mol. The summed E-state index contributed by atoms with van der Waals surface area (Å²) in [4.78, 5) is 26.3. The zero-order valence-corrected chi connectivity index (χ0v) is 27.7. The fourth-order valence-electron chi connectivity index (χ4n) is 11.8. The molecule has 0 radical (unpaired) electrons. The van der Waals surface area contributed by atoms with Gasteiger partial charge < -0.3 is 39.6 Å². The van der Waals surface area contributed by atoms with Crippen molar-refractivity contribution in [1.82, 2.24) is 5.32 Å². The van der Waals surface area contributed by atoms with Crippen LogP contribution in [0.3, 0.4) is 0 Å². The Bertz CT molecular complexity index is 1160. The van der Waals surface area contributed by atoms with E-state index in [-0.39, 0.29) is 40.8 Å². The van der Waals surface area contributed by atoms with E-state index in [2.05, 4.69) is 33.0 Å². The van der Waals surface area contributed by atoms with Crippen LogP contribution in [0.4, 0.5) is 0 Å². The van der Waals surface area contributed by atoms with Gasteiger partial charge in [-0.25, -0.2) is 0 Å². The van der Waals surface area contributed by atoms with Crippen LogP contribution in [0.2, 0.25) is 0 Å². The highest BCUT2D eigenvalue weighted by molar-refractivity contribution is 5.87. The van der Waals surface area contributed by atoms with Crippen molar-refractivity contribution in [3.8, 4) is 0 Å². The zero-order chi connectivity index (χ0) is 32.1. The first-order valence-electron chi connectivity index (χ1n) is 17.7. The van der Waals surface area contributed by atoms with Crippen LogP contribution in [0, 0.1) is 52.3 Å². The number of carbonyl (C=O) groups is 2. The Labute approximate surface area is 267 Å². The van der Waals surface area contributed by atoms with E-state index >= 15 is 0 Å². The van der Waals surface area contributed by atoms with Gasteiger partial charge in [-0.3, -0.25) is 9.59 Å². The van der Waals surface area contributed by atoms with Gasteiger partial charge in [-0.1, -0.05) is 27.7 Å². The lowest BCUT2D eigenvalue weighted by Gasteiger charge is -2.60. The smallest absolute Gasteiger partial charge is 0.217 e. The summed E-state index contributed by atoms with van der Waals surface area (Å²) in [5, 5.41) is 33.6. The molecule has 4 aliphatic carbocycles. The first-order chi connectivity index (χ1) is 21.3. The third-order valence-corrected chi connectivity index (χ3v) is 14.3. The van der Waals surface area contributed by atoms with Crippen LogP contribution in [0.25, 0.3) is 0 Å². The Balaban J connectivity index is 1.05. The molecule has 0 aromatic rings. The van der Waals surface area contributed by atoms with Crippen molar-refractivity contribution in [2.75, 3.05) is 13.2 Å². The maximum atomic E-state index is 14.4. The largest absolute Gasteiger partial charge is 0.394 e. The lowest BCUT2D eigenvalue weighted by Crippen LogP contribution is -2.65. The van der Waals surface area contributed by atoms with Crippen molar-refractivity contribution < 1.29 is 43.9 Å². The number of aliphatic hydroxyl groups excluding tert-OH is 3. The van der Waals surface area contributed by atoms with Crippen molar-refractivity contribution >= 4 is 11.7 Å². The van der Waals surface area contributed by atoms with Crippen molar-refractivity contribution in [3.05, 3.63) is 0 Å². The number of amides is 1. The number of nitrogens with one attached hydrogen (secondary N) is 1. The second-order valence-electron chi connectivity index (χ2n) is 16.5. The van der Waals surface area contributed by atoms with Gasteiger partial charge in [0.15, 0.2) is 12.1 Å². The predicted octanol–water partition coefficient (Wildman–Crippen LogP) is 2.94. The monoisotopic (exact) mass is 633 g/mol. The third-order valence-electron chi connectivity index (χ3n) is 14.3. The van der Waals surface area contributed by atoms with Crippen LogP contribution in [-0.2, 0) is 28.5 Å². The minimum absolute atomic E-state index is 0.0293. The molecular formula is C35H55NO9. The van der Waals surface area contributed by atoms with E-state index in [1.807, 2.05) is 0 Å². The molecule has 7 aliphatic rings. The first-order valence-corrected chi connectivity index (χ1v) is 17.7. The summed E-state index contributed by atoms with van der Waals surface area (Å²) in [6.45, 7) is 10.8. The van der Waals surface area contributed by atoms with E-state index in [1.165, 1.54) is 6.92 Å². The number of ether oxygens (including phenoxy) is 4. The van der Waals surface area contributed by atoms with Crippen LogP contribution < -0.4 is 5.32 Å². The first kappa shape index (κ1) is 32.4. The summed E-state index contributed by atoms with van der Waals surface area (Å²) in [6, 6.07) is -0.939. The number of fused-ring (bicyclic) bond motifs is 7. The second kappa shape index (κ2) is 11.5. The number of ketones is 1. The van der Waals surface area contributed by atoms with Gasteiger partial charge in [0, 0.05) is 37.0 Å². The Hall–Kier alpha value is -1.14. The number of hydrogen-bond acceptors (Lipinski definition) is 9. The molecule has 0 aromatic carbocycles. The Morgan fingerprint density at radius 3 is 2.51 bits per heavy atom. The van der Waals surface area contributed by atoms with Crippen molar-refractivity contribution in [3.63, 3.8) is 0 Å². The van der Waals surface area contributed by atoms with Gasteiger partial charge in [-0.2, -0.15) is 0 Å². The molecule has 0 aromatic heterocycles. The molecule has 3 aliphatic heterocycles. The highest BCUT2D eigenvalue weighted by Crippen LogP contribution is 2.70. The molecule has 3 saturated heterocycles. The highest BCUT2D eigenvalue weighted by atomic mass is 16.7. The molecule has 45 heavy (non-hydrogen) atoms. The molecule has 0 bridgehead atoms. The summed E-state index contributed by atoms with van der Waals surface area (Å²) in [7, 11) is 0. The average Bonchev–Trinajstić information content (AvgIpc) is 3.45. The minimum Gasteiger partial charge on any atom is -0.394 e. The Morgan fingerprint density at radius 1 is 1.04 bits per heavy atom. The van der Waals surface area contributed by atoms with Crippen LogP contribution >= 0.6 is 0 Å². The van der Waals surface area contributed by atoms with Crippen LogP contribution in [0.15, 0.2) is 0 Å². The summed E-state index contributed by atoms with van der Waals surface area (Å²) in [6.07, 6.45) is 3.63. The fourth-order valence-corrected chi connectivity index (χ4v) is 11.8. The number of carbonyl (C=O) groups excluding carboxylic acids is 2. The maximum absolute atomic E-state index is 14.4. The van der Waals surface area contributed by atoms with Gasteiger partial charge in [-0.15, -0.1) is 0 Å². The second-order valence-corrected chi connectivity index (χ2v) is 16.5. The van der Waals surface area contributed by atoms with E-state index in [9.17, 15) is 24.9 Å². The van der Waals surface area contributed by atoms with Gasteiger partial charge >= 0.3 is 0 Å². The van der Waals surface area contributed by atoms with Crippen molar-refractivity contribution in [1.29, 1.82) is 0 Å². The van der Waals surface area contributed by atoms with Gasteiger partial charge in [0.1, 0.15) is 30.1 Å². The summed E-state index contributed by atoms with van der Waals surface area (Å²) >= 11 is 0. The maximum Gasteiger partial charge on any atom is 0.217 e. The Kier molecular flexibility index (Phi) is 8.27. The molecule has 254 valence electrons. The number of aliphatic hydroxyl groups is 3. The van der Waals surface area contributed by atoms with E-state index in [1.54, 1.807) is 0 Å². The quantitative estimate of drug-likeness (QED) is 0.344. The minimum atomic E-state index is -1.33. The number of Topliss-reactive ketones (excluding diaryl/α,β-unsaturated/α-hetero) is 1. The van der Waals surface area contributed by atoms with Gasteiger partial charge in [0.25, 0.3) is 0 Å². The topological polar surface area (TPSA) is 144 Å². The molecule has 17 atom stereocenters. The normalized spacial score (nSPS) is 55.9. The number of rotatable bonds is 4. The van der Waals surface area contributed by atoms with Crippen LogP contribution in [-0.4, -0.2) is 88.9 Å². The summed E-state index contributed by atoms with van der Waals surface area (Å²) in [5.74, 6) is 2.08. The third kappa shape index (κ3) is 4.90. The molecule has 0 unspecified atom stereocenters. The predicted molar refractivity (Wildman–Crippen MR) is 162 cm³/mol. The molecule has 1 amide bonds. The van der Waals surface area contributed by atoms with Gasteiger partial charge in [0.2, 0.25) is 5.91 Å². The lowest BCUT2D eigenvalue weighted by atomic mass is 9.44. The van der Waals surface area contributed by atoms with E-state index in [0.717, 1.165) is 58.0 Å². The van der Waals surface area contributed by atoms with E-state index < -0.39 is 43.0 Å². The molecule has 4 N–H and O–H groups in total. The molecule has 4 saturated carbocycles. The number of hydrogen-bond donors (Lipinski definition) is 4. The molecule has 3 heterocycles. The standard InChI is InChI=1S/C35H55NO9/c1-17-8-11-35(42-16-17)18(2)28-25(45-35)13-24-22-7-6-20-12-21(9-10-33(20,4)23(22)14-27(39)34(24,28)5)43-32-29(36-19(3)38)31(41)30(40)26(15-37)44-32/h17-18,20-26,28-32,37,40-41H,6-16H2,1-5H3,(H,36,38)/t17-,18+,20+,21+,22-,23+,24+,25+,26-,28+,29-,30-,31-,32-,33+,34-,35-/m1/s1. The fraction of sp³-hybridized carbons (Fsp3) is 0.943.